The summed E-state index contributed by atoms with van der Waals surface area (Å²) in [6.45, 7) is 16.2. The highest BCUT2D eigenvalue weighted by Crippen LogP contribution is 2.26. The van der Waals surface area contributed by atoms with Crippen molar-refractivity contribution in [1.82, 2.24) is 10.2 Å². The summed E-state index contributed by atoms with van der Waals surface area (Å²) < 4.78 is 5.17. The average Bonchev–Trinajstić information content (AvgIpc) is 2.41. The third kappa shape index (κ3) is 5.34. The Labute approximate surface area is 126 Å². The quantitative estimate of drug-likeness (QED) is 0.727. The minimum Gasteiger partial charge on any atom is -0.385 e. The van der Waals surface area contributed by atoms with Gasteiger partial charge in [-0.25, -0.2) is 0 Å². The summed E-state index contributed by atoms with van der Waals surface area (Å²) in [6, 6.07) is 1.30. The number of rotatable bonds is 7. The monoisotopic (exact) mass is 284 g/mol. The summed E-state index contributed by atoms with van der Waals surface area (Å²) in [6.07, 6.45) is 3.69. The van der Waals surface area contributed by atoms with Crippen molar-refractivity contribution in [3.05, 3.63) is 0 Å². The molecule has 0 aromatic carbocycles. The van der Waals surface area contributed by atoms with E-state index in [4.69, 9.17) is 4.74 Å². The minimum absolute atomic E-state index is 0.338. The van der Waals surface area contributed by atoms with Crippen molar-refractivity contribution in [2.24, 2.45) is 11.3 Å². The molecule has 1 fully saturated rings. The van der Waals surface area contributed by atoms with Crippen LogP contribution in [-0.2, 0) is 4.74 Å². The Morgan fingerprint density at radius 3 is 2.55 bits per heavy atom. The molecule has 1 aliphatic rings. The van der Waals surface area contributed by atoms with Crippen molar-refractivity contribution in [3.8, 4) is 0 Å². The van der Waals surface area contributed by atoms with Crippen LogP contribution < -0.4 is 5.32 Å². The zero-order chi connectivity index (χ0) is 15.2. The molecule has 0 aromatic rings. The molecule has 3 heteroatoms. The maximum absolute atomic E-state index is 5.17. The Morgan fingerprint density at radius 1 is 1.30 bits per heavy atom. The van der Waals surface area contributed by atoms with Crippen LogP contribution in [0.2, 0.25) is 0 Å². The zero-order valence-electron chi connectivity index (χ0n) is 14.5. The maximum atomic E-state index is 5.17. The Hall–Kier alpha value is -0.120. The van der Waals surface area contributed by atoms with Gasteiger partial charge in [0.05, 0.1) is 0 Å². The minimum atomic E-state index is 0.338. The number of piperazine rings is 1. The van der Waals surface area contributed by atoms with Crippen LogP contribution in [0.1, 0.15) is 53.9 Å². The Morgan fingerprint density at radius 2 is 2.00 bits per heavy atom. The molecule has 3 nitrogen and oxygen atoms in total. The number of unbranched alkanes of at least 4 members (excludes halogenated alkanes) is 1. The lowest BCUT2D eigenvalue weighted by atomic mass is 9.83. The number of methoxy groups -OCH3 is 1. The van der Waals surface area contributed by atoms with E-state index in [1.807, 2.05) is 0 Å². The lowest BCUT2D eigenvalue weighted by molar-refractivity contribution is 0.0551. The first-order chi connectivity index (χ1) is 9.40. The fraction of sp³-hybridized carbons (Fsp3) is 1.00. The number of nitrogens with one attached hydrogen (secondary N) is 1. The first-order valence-corrected chi connectivity index (χ1v) is 8.36. The summed E-state index contributed by atoms with van der Waals surface area (Å²) >= 11 is 0. The predicted octanol–water partition coefficient (Wildman–Crippen LogP) is 3.15. The number of ether oxygens (including phenoxy) is 1. The third-order valence-electron chi connectivity index (χ3n) is 4.85. The molecule has 1 aliphatic heterocycles. The van der Waals surface area contributed by atoms with Gasteiger partial charge in [0.1, 0.15) is 0 Å². The van der Waals surface area contributed by atoms with Gasteiger partial charge in [0.25, 0.3) is 0 Å². The van der Waals surface area contributed by atoms with Gasteiger partial charge in [-0.1, -0.05) is 41.0 Å². The fourth-order valence-corrected chi connectivity index (χ4v) is 3.06. The SMILES string of the molecule is CCC(C)C1CNC(C(C)(C)C)CN1CCCCOC. The summed E-state index contributed by atoms with van der Waals surface area (Å²) in [4.78, 5) is 2.73. The van der Waals surface area contributed by atoms with Crippen LogP contribution in [0.3, 0.4) is 0 Å². The highest BCUT2D eigenvalue weighted by atomic mass is 16.5. The molecule has 120 valence electrons. The van der Waals surface area contributed by atoms with E-state index >= 15 is 0 Å². The summed E-state index contributed by atoms with van der Waals surface area (Å²) in [5.41, 5.74) is 0.338. The van der Waals surface area contributed by atoms with Crippen LogP contribution in [0.5, 0.6) is 0 Å². The largest absolute Gasteiger partial charge is 0.385 e. The van der Waals surface area contributed by atoms with Crippen LogP contribution in [0.15, 0.2) is 0 Å². The van der Waals surface area contributed by atoms with Crippen molar-refractivity contribution < 1.29 is 4.74 Å². The first-order valence-electron chi connectivity index (χ1n) is 8.36. The molecule has 0 amide bonds. The van der Waals surface area contributed by atoms with Gasteiger partial charge in [-0.15, -0.1) is 0 Å². The summed E-state index contributed by atoms with van der Waals surface area (Å²) in [5, 5.41) is 3.79. The Balaban J connectivity index is 2.58. The van der Waals surface area contributed by atoms with E-state index in [9.17, 15) is 0 Å². The number of hydrogen-bond acceptors (Lipinski definition) is 3. The fourth-order valence-electron chi connectivity index (χ4n) is 3.06. The Bertz CT molecular complexity index is 262. The third-order valence-corrected chi connectivity index (χ3v) is 4.85. The molecule has 0 aromatic heterocycles. The summed E-state index contributed by atoms with van der Waals surface area (Å²) in [5.74, 6) is 0.769. The average molecular weight is 284 g/mol. The van der Waals surface area contributed by atoms with Gasteiger partial charge < -0.3 is 10.1 Å². The second-order valence-corrected chi connectivity index (χ2v) is 7.47. The molecule has 0 saturated carbocycles. The summed E-state index contributed by atoms with van der Waals surface area (Å²) in [7, 11) is 1.79. The lowest BCUT2D eigenvalue weighted by Gasteiger charge is -2.47. The molecule has 0 radical (unpaired) electrons. The van der Waals surface area contributed by atoms with Gasteiger partial charge >= 0.3 is 0 Å². The highest BCUT2D eigenvalue weighted by molar-refractivity contribution is 4.93. The molecule has 3 atom stereocenters. The molecule has 20 heavy (non-hydrogen) atoms. The molecular formula is C17H36N2O. The van der Waals surface area contributed by atoms with E-state index in [1.54, 1.807) is 7.11 Å². The first kappa shape index (κ1) is 17.9. The van der Waals surface area contributed by atoms with Gasteiger partial charge in [0.15, 0.2) is 0 Å². The zero-order valence-corrected chi connectivity index (χ0v) is 14.5. The van der Waals surface area contributed by atoms with Crippen LogP contribution in [-0.4, -0.2) is 50.3 Å². The van der Waals surface area contributed by atoms with Gasteiger partial charge in [-0.05, 0) is 30.7 Å². The van der Waals surface area contributed by atoms with Crippen molar-refractivity contribution in [1.29, 1.82) is 0 Å². The van der Waals surface area contributed by atoms with Crippen molar-refractivity contribution in [3.63, 3.8) is 0 Å². The molecule has 1 rings (SSSR count). The molecule has 3 unspecified atom stereocenters. The number of hydrogen-bond donors (Lipinski definition) is 1. The van der Waals surface area contributed by atoms with E-state index < -0.39 is 0 Å². The van der Waals surface area contributed by atoms with Crippen LogP contribution in [0.25, 0.3) is 0 Å². The van der Waals surface area contributed by atoms with Gasteiger partial charge in [0.2, 0.25) is 0 Å². The second kappa shape index (κ2) is 8.35. The highest BCUT2D eigenvalue weighted by Gasteiger charge is 2.35. The Kier molecular flexibility index (Phi) is 7.49. The van der Waals surface area contributed by atoms with Crippen molar-refractivity contribution in [2.45, 2.75) is 66.0 Å². The van der Waals surface area contributed by atoms with Crippen molar-refractivity contribution in [2.75, 3.05) is 33.4 Å². The van der Waals surface area contributed by atoms with Gasteiger partial charge in [-0.3, -0.25) is 4.90 Å². The molecule has 1 heterocycles. The van der Waals surface area contributed by atoms with Crippen molar-refractivity contribution >= 4 is 0 Å². The van der Waals surface area contributed by atoms with Crippen LogP contribution in [0, 0.1) is 11.3 Å². The molecular weight excluding hydrogens is 248 g/mol. The van der Waals surface area contributed by atoms with E-state index in [-0.39, 0.29) is 0 Å². The lowest BCUT2D eigenvalue weighted by Crippen LogP contribution is -2.61. The predicted molar refractivity (Wildman–Crippen MR) is 87.2 cm³/mol. The number of nitrogens with zero attached hydrogens (tertiary/aromatic N) is 1. The maximum Gasteiger partial charge on any atom is 0.0462 e. The van der Waals surface area contributed by atoms with Gasteiger partial charge in [0, 0.05) is 38.9 Å². The smallest absolute Gasteiger partial charge is 0.0462 e. The molecule has 0 bridgehead atoms. The standard InChI is InChI=1S/C17H36N2O/c1-7-14(2)15-12-18-16(17(3,4)5)13-19(15)10-8-9-11-20-6/h14-16,18H,7-13H2,1-6H3. The van der Waals surface area contributed by atoms with E-state index in [0.717, 1.165) is 19.1 Å². The molecule has 1 N–H and O–H groups in total. The topological polar surface area (TPSA) is 24.5 Å². The molecule has 1 saturated heterocycles. The van der Waals surface area contributed by atoms with Crippen LogP contribution in [0.4, 0.5) is 0 Å². The second-order valence-electron chi connectivity index (χ2n) is 7.47. The van der Waals surface area contributed by atoms with E-state index in [1.165, 1.54) is 32.4 Å². The van der Waals surface area contributed by atoms with E-state index in [2.05, 4.69) is 44.8 Å². The van der Waals surface area contributed by atoms with Crippen LogP contribution >= 0.6 is 0 Å². The van der Waals surface area contributed by atoms with E-state index in [0.29, 0.717) is 17.5 Å². The normalized spacial score (nSPS) is 26.7. The van der Waals surface area contributed by atoms with Gasteiger partial charge in [-0.2, -0.15) is 0 Å². The molecule has 0 aliphatic carbocycles. The molecule has 0 spiro atoms.